The maximum absolute atomic E-state index is 4.66. The van der Waals surface area contributed by atoms with Gasteiger partial charge in [0, 0.05) is 43.0 Å². The van der Waals surface area contributed by atoms with Crippen LogP contribution in [0.5, 0.6) is 0 Å². The third-order valence-electron chi connectivity index (χ3n) is 4.71. The Morgan fingerprint density at radius 1 is 1.08 bits per heavy atom. The summed E-state index contributed by atoms with van der Waals surface area (Å²) in [6, 6.07) is 12.8. The highest BCUT2D eigenvalue weighted by atomic mass is 15.3. The van der Waals surface area contributed by atoms with Gasteiger partial charge in [0.05, 0.1) is 17.1 Å². The molecule has 0 unspecified atom stereocenters. The Balaban J connectivity index is 1.70. The van der Waals surface area contributed by atoms with Crippen LogP contribution in [0.1, 0.15) is 35.3 Å². The van der Waals surface area contributed by atoms with E-state index in [4.69, 9.17) is 0 Å². The SMILES string of the molecule is Cc1cc(C[C@H](C)NCc2c(C)nn(C)c2C)n(-c2ccccc2)n1. The molecule has 0 spiro atoms. The van der Waals surface area contributed by atoms with Crippen LogP contribution in [0.3, 0.4) is 0 Å². The maximum Gasteiger partial charge on any atom is 0.0648 e. The number of para-hydroxylation sites is 1. The Kier molecular flexibility index (Phi) is 5.04. The molecule has 2 heterocycles. The third-order valence-corrected chi connectivity index (χ3v) is 4.71. The van der Waals surface area contributed by atoms with Gasteiger partial charge in [0.1, 0.15) is 0 Å². The lowest BCUT2D eigenvalue weighted by atomic mass is 10.1. The van der Waals surface area contributed by atoms with E-state index >= 15 is 0 Å². The van der Waals surface area contributed by atoms with Gasteiger partial charge in [0.2, 0.25) is 0 Å². The van der Waals surface area contributed by atoms with Crippen molar-refractivity contribution in [2.45, 2.75) is 46.7 Å². The molecule has 0 radical (unpaired) electrons. The number of rotatable bonds is 6. The monoisotopic (exact) mass is 337 g/mol. The van der Waals surface area contributed by atoms with Crippen LogP contribution >= 0.6 is 0 Å². The Labute approximate surface area is 149 Å². The molecule has 3 aromatic rings. The predicted octanol–water partition coefficient (Wildman–Crippen LogP) is 3.25. The van der Waals surface area contributed by atoms with Gasteiger partial charge < -0.3 is 5.32 Å². The van der Waals surface area contributed by atoms with Crippen molar-refractivity contribution < 1.29 is 0 Å². The summed E-state index contributed by atoms with van der Waals surface area (Å²) in [4.78, 5) is 0. The van der Waals surface area contributed by atoms with Crippen LogP contribution in [0.4, 0.5) is 0 Å². The van der Waals surface area contributed by atoms with E-state index in [9.17, 15) is 0 Å². The first-order valence-corrected chi connectivity index (χ1v) is 8.79. The molecule has 0 aliphatic rings. The third kappa shape index (κ3) is 3.82. The van der Waals surface area contributed by atoms with Gasteiger partial charge in [-0.2, -0.15) is 10.2 Å². The first-order chi connectivity index (χ1) is 12.0. The number of nitrogens with zero attached hydrogens (tertiary/aromatic N) is 4. The molecule has 1 aromatic carbocycles. The smallest absolute Gasteiger partial charge is 0.0648 e. The Bertz CT molecular complexity index is 845. The molecule has 0 saturated carbocycles. The fourth-order valence-corrected chi connectivity index (χ4v) is 3.23. The van der Waals surface area contributed by atoms with Gasteiger partial charge in [0.15, 0.2) is 0 Å². The highest BCUT2D eigenvalue weighted by molar-refractivity contribution is 5.33. The van der Waals surface area contributed by atoms with Crippen LogP contribution in [-0.4, -0.2) is 25.6 Å². The molecule has 0 amide bonds. The summed E-state index contributed by atoms with van der Waals surface area (Å²) in [6.07, 6.45) is 0.925. The molecule has 2 aromatic heterocycles. The van der Waals surface area contributed by atoms with Crippen molar-refractivity contribution in [3.8, 4) is 5.69 Å². The quantitative estimate of drug-likeness (QED) is 0.751. The Hall–Kier alpha value is -2.40. The minimum Gasteiger partial charge on any atom is -0.310 e. The molecule has 1 atom stereocenters. The van der Waals surface area contributed by atoms with Crippen molar-refractivity contribution >= 4 is 0 Å². The molecule has 0 saturated heterocycles. The van der Waals surface area contributed by atoms with Gasteiger partial charge in [-0.3, -0.25) is 4.68 Å². The van der Waals surface area contributed by atoms with Gasteiger partial charge in [0.25, 0.3) is 0 Å². The number of aromatic nitrogens is 4. The maximum atomic E-state index is 4.66. The van der Waals surface area contributed by atoms with E-state index in [1.54, 1.807) is 0 Å². The standard InChI is InChI=1S/C20H27N5/c1-14(21-13-20-16(3)23-24(5)17(20)4)11-19-12-15(2)22-25(19)18-9-7-6-8-10-18/h6-10,12,14,21H,11,13H2,1-5H3/t14-/m0/s1. The normalized spacial score (nSPS) is 12.5. The number of aryl methyl sites for hydroxylation is 3. The highest BCUT2D eigenvalue weighted by Gasteiger charge is 2.14. The molecule has 3 rings (SSSR count). The van der Waals surface area contributed by atoms with Gasteiger partial charge >= 0.3 is 0 Å². The molecular weight excluding hydrogens is 310 g/mol. The molecule has 132 valence electrons. The number of hydrogen-bond acceptors (Lipinski definition) is 3. The van der Waals surface area contributed by atoms with Gasteiger partial charge in [-0.1, -0.05) is 18.2 Å². The van der Waals surface area contributed by atoms with Gasteiger partial charge in [-0.15, -0.1) is 0 Å². The first-order valence-electron chi connectivity index (χ1n) is 8.79. The number of hydrogen-bond donors (Lipinski definition) is 1. The lowest BCUT2D eigenvalue weighted by Crippen LogP contribution is -2.28. The van der Waals surface area contributed by atoms with E-state index in [0.717, 1.165) is 30.0 Å². The van der Waals surface area contributed by atoms with E-state index in [1.165, 1.54) is 17.0 Å². The van der Waals surface area contributed by atoms with Crippen molar-refractivity contribution in [1.82, 2.24) is 24.9 Å². The molecule has 1 N–H and O–H groups in total. The molecule has 0 aliphatic heterocycles. The summed E-state index contributed by atoms with van der Waals surface area (Å²) in [5.74, 6) is 0. The Morgan fingerprint density at radius 3 is 2.44 bits per heavy atom. The van der Waals surface area contributed by atoms with Gasteiger partial charge in [-0.25, -0.2) is 4.68 Å². The zero-order chi connectivity index (χ0) is 18.0. The molecule has 25 heavy (non-hydrogen) atoms. The second kappa shape index (κ2) is 7.23. The van der Waals surface area contributed by atoms with Crippen LogP contribution in [0.15, 0.2) is 36.4 Å². The zero-order valence-corrected chi connectivity index (χ0v) is 15.7. The summed E-state index contributed by atoms with van der Waals surface area (Å²) in [7, 11) is 2.00. The zero-order valence-electron chi connectivity index (χ0n) is 15.7. The van der Waals surface area contributed by atoms with Crippen molar-refractivity contribution in [1.29, 1.82) is 0 Å². The fraction of sp³-hybridized carbons (Fsp3) is 0.400. The topological polar surface area (TPSA) is 47.7 Å². The molecular formula is C20H27N5. The summed E-state index contributed by atoms with van der Waals surface area (Å²) in [6.45, 7) is 9.30. The largest absolute Gasteiger partial charge is 0.310 e. The lowest BCUT2D eigenvalue weighted by molar-refractivity contribution is 0.531. The average Bonchev–Trinajstić information content (AvgIpc) is 3.06. The van der Waals surface area contributed by atoms with E-state index in [-0.39, 0.29) is 0 Å². The van der Waals surface area contributed by atoms with Gasteiger partial charge in [-0.05, 0) is 45.9 Å². The first kappa shape index (κ1) is 17.4. The van der Waals surface area contributed by atoms with Crippen LogP contribution in [-0.2, 0) is 20.0 Å². The van der Waals surface area contributed by atoms with Crippen molar-refractivity contribution in [2.24, 2.45) is 7.05 Å². The summed E-state index contributed by atoms with van der Waals surface area (Å²) >= 11 is 0. The molecule has 5 nitrogen and oxygen atoms in total. The fourth-order valence-electron chi connectivity index (χ4n) is 3.23. The predicted molar refractivity (Wildman–Crippen MR) is 101 cm³/mol. The minimum absolute atomic E-state index is 0.345. The number of nitrogens with one attached hydrogen (secondary N) is 1. The van der Waals surface area contributed by atoms with Crippen LogP contribution in [0, 0.1) is 20.8 Å². The van der Waals surface area contributed by atoms with Crippen molar-refractivity contribution in [3.63, 3.8) is 0 Å². The van der Waals surface area contributed by atoms with Crippen LogP contribution < -0.4 is 5.32 Å². The molecule has 0 fully saturated rings. The summed E-state index contributed by atoms with van der Waals surface area (Å²) in [5, 5.41) is 12.8. The lowest BCUT2D eigenvalue weighted by Gasteiger charge is -2.15. The molecule has 0 aliphatic carbocycles. The average molecular weight is 337 g/mol. The number of benzene rings is 1. The molecule has 0 bridgehead atoms. The summed E-state index contributed by atoms with van der Waals surface area (Å²) in [5.41, 5.74) is 7.00. The van der Waals surface area contributed by atoms with E-state index in [0.29, 0.717) is 6.04 Å². The summed E-state index contributed by atoms with van der Waals surface area (Å²) < 4.78 is 4.00. The van der Waals surface area contributed by atoms with E-state index in [1.807, 2.05) is 41.5 Å². The van der Waals surface area contributed by atoms with Crippen LogP contribution in [0.2, 0.25) is 0 Å². The van der Waals surface area contributed by atoms with Crippen LogP contribution in [0.25, 0.3) is 5.69 Å². The molecule has 5 heteroatoms. The van der Waals surface area contributed by atoms with Crippen molar-refractivity contribution in [3.05, 3.63) is 64.7 Å². The van der Waals surface area contributed by atoms with E-state index in [2.05, 4.69) is 54.5 Å². The second-order valence-electron chi connectivity index (χ2n) is 6.78. The minimum atomic E-state index is 0.345. The van der Waals surface area contributed by atoms with E-state index < -0.39 is 0 Å². The van der Waals surface area contributed by atoms with Crippen molar-refractivity contribution in [2.75, 3.05) is 0 Å². The second-order valence-corrected chi connectivity index (χ2v) is 6.78. The Morgan fingerprint density at radius 2 is 1.80 bits per heavy atom. The highest BCUT2D eigenvalue weighted by Crippen LogP contribution is 2.15.